The molecule has 0 fully saturated rings. The van der Waals surface area contributed by atoms with Crippen molar-refractivity contribution in [3.63, 3.8) is 0 Å². The topological polar surface area (TPSA) is 98.1 Å². The van der Waals surface area contributed by atoms with Crippen LogP contribution in [0, 0.1) is 5.82 Å². The van der Waals surface area contributed by atoms with Crippen LogP contribution in [0.1, 0.15) is 12.5 Å². The van der Waals surface area contributed by atoms with Crippen molar-refractivity contribution in [2.75, 3.05) is 17.7 Å². The SMILES string of the molecule is COc1ccc(-c2nc3n(n2)[C@H](CC(=O)Nc2cccc(F)c2)C(=O)N3)cc1. The minimum atomic E-state index is -0.831. The van der Waals surface area contributed by atoms with E-state index in [2.05, 4.69) is 20.7 Å². The lowest BCUT2D eigenvalue weighted by atomic mass is 10.2. The molecule has 4 rings (SSSR count). The largest absolute Gasteiger partial charge is 0.497 e. The smallest absolute Gasteiger partial charge is 0.252 e. The molecule has 3 aromatic rings. The number of nitrogens with one attached hydrogen (secondary N) is 2. The molecular formula is C19H16FN5O3. The monoisotopic (exact) mass is 381 g/mol. The van der Waals surface area contributed by atoms with Crippen molar-refractivity contribution in [3.05, 3.63) is 54.3 Å². The van der Waals surface area contributed by atoms with Gasteiger partial charge in [0.25, 0.3) is 5.91 Å². The van der Waals surface area contributed by atoms with Crippen molar-refractivity contribution in [3.8, 4) is 17.1 Å². The lowest BCUT2D eigenvalue weighted by molar-refractivity contribution is -0.123. The highest BCUT2D eigenvalue weighted by atomic mass is 19.1. The number of amides is 2. The van der Waals surface area contributed by atoms with Gasteiger partial charge in [0, 0.05) is 11.3 Å². The van der Waals surface area contributed by atoms with E-state index in [1.165, 1.54) is 22.9 Å². The van der Waals surface area contributed by atoms with Crippen molar-refractivity contribution in [2.45, 2.75) is 12.5 Å². The first-order valence-electron chi connectivity index (χ1n) is 8.51. The summed E-state index contributed by atoms with van der Waals surface area (Å²) >= 11 is 0. The van der Waals surface area contributed by atoms with Gasteiger partial charge in [0.05, 0.1) is 13.5 Å². The minimum absolute atomic E-state index is 0.152. The summed E-state index contributed by atoms with van der Waals surface area (Å²) in [7, 11) is 1.58. The van der Waals surface area contributed by atoms with Crippen LogP contribution in [-0.4, -0.2) is 33.7 Å². The Balaban J connectivity index is 1.51. The van der Waals surface area contributed by atoms with Crippen LogP contribution in [0.3, 0.4) is 0 Å². The predicted molar refractivity (Wildman–Crippen MR) is 99.3 cm³/mol. The second-order valence-corrected chi connectivity index (χ2v) is 6.20. The molecule has 2 aromatic carbocycles. The van der Waals surface area contributed by atoms with Crippen LogP contribution >= 0.6 is 0 Å². The Morgan fingerprint density at radius 3 is 2.79 bits per heavy atom. The van der Waals surface area contributed by atoms with Gasteiger partial charge in [0.2, 0.25) is 11.9 Å². The van der Waals surface area contributed by atoms with Gasteiger partial charge in [-0.1, -0.05) is 6.07 Å². The lowest BCUT2D eigenvalue weighted by Gasteiger charge is -2.10. The third kappa shape index (κ3) is 3.41. The summed E-state index contributed by atoms with van der Waals surface area (Å²) < 4.78 is 19.8. The molecule has 0 radical (unpaired) electrons. The normalized spacial score (nSPS) is 15.1. The maximum atomic E-state index is 13.2. The summed E-state index contributed by atoms with van der Waals surface area (Å²) in [5.41, 5.74) is 1.07. The van der Waals surface area contributed by atoms with Gasteiger partial charge < -0.3 is 10.1 Å². The number of methoxy groups -OCH3 is 1. The minimum Gasteiger partial charge on any atom is -0.497 e. The first-order chi connectivity index (χ1) is 13.5. The molecule has 0 saturated heterocycles. The molecule has 0 saturated carbocycles. The number of fused-ring (bicyclic) bond motifs is 1. The number of benzene rings is 2. The van der Waals surface area contributed by atoms with E-state index in [9.17, 15) is 14.0 Å². The fraction of sp³-hybridized carbons (Fsp3) is 0.158. The Kier molecular flexibility index (Phi) is 4.48. The Morgan fingerprint density at radius 2 is 2.07 bits per heavy atom. The highest BCUT2D eigenvalue weighted by Gasteiger charge is 2.35. The maximum Gasteiger partial charge on any atom is 0.252 e. The molecule has 0 bridgehead atoms. The van der Waals surface area contributed by atoms with Gasteiger partial charge >= 0.3 is 0 Å². The highest BCUT2D eigenvalue weighted by Crippen LogP contribution is 2.29. The Morgan fingerprint density at radius 1 is 1.29 bits per heavy atom. The summed E-state index contributed by atoms with van der Waals surface area (Å²) in [4.78, 5) is 28.8. The fourth-order valence-corrected chi connectivity index (χ4v) is 2.93. The van der Waals surface area contributed by atoms with Crippen LogP contribution in [0.25, 0.3) is 11.4 Å². The van der Waals surface area contributed by atoms with E-state index in [1.54, 1.807) is 37.4 Å². The van der Waals surface area contributed by atoms with Gasteiger partial charge in [-0.15, -0.1) is 5.10 Å². The second-order valence-electron chi connectivity index (χ2n) is 6.20. The number of nitrogens with zero attached hydrogens (tertiary/aromatic N) is 3. The molecular weight excluding hydrogens is 365 g/mol. The van der Waals surface area contributed by atoms with Crippen molar-refractivity contribution >= 4 is 23.5 Å². The number of carbonyl (C=O) groups is 2. The zero-order valence-electron chi connectivity index (χ0n) is 14.8. The fourth-order valence-electron chi connectivity index (χ4n) is 2.93. The van der Waals surface area contributed by atoms with Crippen LogP contribution < -0.4 is 15.4 Å². The van der Waals surface area contributed by atoms with Crippen LogP contribution in [0.2, 0.25) is 0 Å². The number of hydrogen-bond donors (Lipinski definition) is 2. The van der Waals surface area contributed by atoms with E-state index in [1.807, 2.05) is 0 Å². The van der Waals surface area contributed by atoms with E-state index in [-0.39, 0.29) is 18.3 Å². The Labute approximate surface area is 159 Å². The average molecular weight is 381 g/mol. The molecule has 142 valence electrons. The molecule has 8 nitrogen and oxygen atoms in total. The summed E-state index contributed by atoms with van der Waals surface area (Å²) in [6.07, 6.45) is -0.152. The number of carbonyl (C=O) groups excluding carboxylic acids is 2. The van der Waals surface area contributed by atoms with Crippen LogP contribution in [0.5, 0.6) is 5.75 Å². The molecule has 1 atom stereocenters. The van der Waals surface area contributed by atoms with Gasteiger partial charge in [0.15, 0.2) is 5.82 Å². The number of rotatable bonds is 5. The standard InChI is InChI=1S/C19H16FN5O3/c1-28-14-7-5-11(6-8-14)17-22-19-23-18(27)15(25(19)24-17)10-16(26)21-13-4-2-3-12(20)9-13/h2-9,15H,10H2,1H3,(H,21,26)(H,22,23,24,27)/t15-/m1/s1. The van der Waals surface area contributed by atoms with Crippen molar-refractivity contribution in [1.29, 1.82) is 0 Å². The quantitative estimate of drug-likeness (QED) is 0.708. The van der Waals surface area contributed by atoms with Gasteiger partial charge in [-0.3, -0.25) is 14.9 Å². The Bertz CT molecular complexity index is 1050. The van der Waals surface area contributed by atoms with E-state index < -0.39 is 17.8 Å². The molecule has 2 heterocycles. The van der Waals surface area contributed by atoms with Crippen LogP contribution in [0.15, 0.2) is 48.5 Å². The van der Waals surface area contributed by atoms with Crippen molar-refractivity contribution in [2.24, 2.45) is 0 Å². The molecule has 1 aliphatic rings. The number of halogens is 1. The van der Waals surface area contributed by atoms with E-state index >= 15 is 0 Å². The second kappa shape index (κ2) is 7.10. The van der Waals surface area contributed by atoms with Crippen molar-refractivity contribution in [1.82, 2.24) is 14.8 Å². The van der Waals surface area contributed by atoms with E-state index in [0.29, 0.717) is 17.3 Å². The molecule has 0 unspecified atom stereocenters. The van der Waals surface area contributed by atoms with E-state index in [4.69, 9.17) is 4.74 Å². The zero-order valence-corrected chi connectivity index (χ0v) is 14.8. The summed E-state index contributed by atoms with van der Waals surface area (Å²) in [6, 6.07) is 11.9. The third-order valence-electron chi connectivity index (χ3n) is 4.30. The average Bonchev–Trinajstić information content (AvgIpc) is 3.20. The molecule has 2 amide bonds. The number of anilines is 2. The summed E-state index contributed by atoms with van der Waals surface area (Å²) in [5, 5.41) is 9.57. The summed E-state index contributed by atoms with van der Waals surface area (Å²) in [6.45, 7) is 0. The van der Waals surface area contributed by atoms with Gasteiger partial charge in [0.1, 0.15) is 17.6 Å². The van der Waals surface area contributed by atoms with Crippen LogP contribution in [0.4, 0.5) is 16.0 Å². The number of ether oxygens (including phenoxy) is 1. The molecule has 0 aliphatic carbocycles. The zero-order chi connectivity index (χ0) is 19.7. The maximum absolute atomic E-state index is 13.2. The first-order valence-corrected chi connectivity index (χ1v) is 8.51. The van der Waals surface area contributed by atoms with E-state index in [0.717, 1.165) is 5.56 Å². The number of aromatic nitrogens is 3. The van der Waals surface area contributed by atoms with Gasteiger partial charge in [-0.25, -0.2) is 9.07 Å². The molecule has 2 N–H and O–H groups in total. The highest BCUT2D eigenvalue weighted by molar-refractivity contribution is 6.01. The van der Waals surface area contributed by atoms with Crippen molar-refractivity contribution < 1.29 is 18.7 Å². The third-order valence-corrected chi connectivity index (χ3v) is 4.30. The lowest BCUT2D eigenvalue weighted by Crippen LogP contribution is -2.23. The summed E-state index contributed by atoms with van der Waals surface area (Å²) in [5.74, 6) is 0.146. The Hall–Kier alpha value is -3.75. The molecule has 1 aromatic heterocycles. The number of hydrogen-bond acceptors (Lipinski definition) is 5. The van der Waals surface area contributed by atoms with Crippen LogP contribution in [-0.2, 0) is 9.59 Å². The van der Waals surface area contributed by atoms with Gasteiger partial charge in [-0.05, 0) is 42.5 Å². The first kappa shape index (κ1) is 17.7. The molecule has 28 heavy (non-hydrogen) atoms. The molecule has 0 spiro atoms. The molecule has 1 aliphatic heterocycles. The van der Waals surface area contributed by atoms with Gasteiger partial charge in [-0.2, -0.15) is 4.98 Å². The predicted octanol–water partition coefficient (Wildman–Crippen LogP) is 2.61. The molecule has 9 heteroatoms.